The van der Waals surface area contributed by atoms with E-state index in [1.165, 1.54) is 5.57 Å². The van der Waals surface area contributed by atoms with Gasteiger partial charge in [-0.3, -0.25) is 9.59 Å². The van der Waals surface area contributed by atoms with Gasteiger partial charge in [0.25, 0.3) is 0 Å². The highest BCUT2D eigenvalue weighted by atomic mass is 16.4. The number of allylic oxidation sites excluding steroid dienone is 3. The van der Waals surface area contributed by atoms with Crippen LogP contribution in [0.1, 0.15) is 59.3 Å². The Balaban J connectivity index is 2.36. The summed E-state index contributed by atoms with van der Waals surface area (Å²) >= 11 is 0. The first kappa shape index (κ1) is 17.0. The molecule has 4 atom stereocenters. The molecule has 0 aromatic heterocycles. The molecule has 2 aliphatic rings. The van der Waals surface area contributed by atoms with Crippen LogP contribution in [0.5, 0.6) is 0 Å². The van der Waals surface area contributed by atoms with Gasteiger partial charge in [-0.1, -0.05) is 31.6 Å². The Morgan fingerprint density at radius 3 is 2.68 bits per heavy atom. The minimum Gasteiger partial charge on any atom is -0.481 e. The number of aliphatic carboxylic acids is 1. The average Bonchev–Trinajstić information content (AvgIpc) is 2.45. The lowest BCUT2D eigenvalue weighted by molar-refractivity contribution is -0.164. The van der Waals surface area contributed by atoms with Gasteiger partial charge in [0, 0.05) is 0 Å². The Kier molecular flexibility index (Phi) is 4.65. The number of carboxylic acids is 1. The Bertz CT molecular complexity index is 519. The third-order valence-corrected chi connectivity index (χ3v) is 6.37. The fourth-order valence-electron chi connectivity index (χ4n) is 4.99. The van der Waals surface area contributed by atoms with Crippen molar-refractivity contribution in [2.75, 3.05) is 0 Å². The van der Waals surface area contributed by atoms with Crippen LogP contribution < -0.4 is 0 Å². The SMILES string of the molecule is C=C1CC[C@H]2[C@](C)(CCC[C@@]2(C)C(=O)O)[C@@H]1CC=C(C)C=O. The Hall–Kier alpha value is -1.38. The molecule has 0 aromatic rings. The number of aldehydes is 1. The first-order chi connectivity index (χ1) is 10.3. The fraction of sp³-hybridized carbons (Fsp3) is 0.684. The van der Waals surface area contributed by atoms with Gasteiger partial charge in [0.15, 0.2) is 0 Å². The smallest absolute Gasteiger partial charge is 0.309 e. The lowest BCUT2D eigenvalue weighted by Crippen LogP contribution is -2.53. The highest BCUT2D eigenvalue weighted by molar-refractivity contribution is 5.75. The minimum absolute atomic E-state index is 0.0274. The first-order valence-corrected chi connectivity index (χ1v) is 8.28. The molecule has 2 fully saturated rings. The van der Waals surface area contributed by atoms with Crippen molar-refractivity contribution in [1.29, 1.82) is 0 Å². The van der Waals surface area contributed by atoms with Gasteiger partial charge in [-0.15, -0.1) is 0 Å². The molecule has 0 amide bonds. The van der Waals surface area contributed by atoms with E-state index in [4.69, 9.17) is 0 Å². The van der Waals surface area contributed by atoms with Gasteiger partial charge in [-0.25, -0.2) is 0 Å². The number of carbonyl (C=O) groups excluding carboxylic acids is 1. The molecule has 0 bridgehead atoms. The molecule has 0 heterocycles. The summed E-state index contributed by atoms with van der Waals surface area (Å²) in [6.07, 6.45) is 8.27. The average molecular weight is 304 g/mol. The number of hydrogen-bond donors (Lipinski definition) is 1. The molecule has 0 spiro atoms. The van der Waals surface area contributed by atoms with Gasteiger partial charge in [0.2, 0.25) is 0 Å². The van der Waals surface area contributed by atoms with Crippen LogP contribution >= 0.6 is 0 Å². The maximum absolute atomic E-state index is 11.9. The molecule has 122 valence electrons. The van der Waals surface area contributed by atoms with Crippen molar-refractivity contribution in [2.45, 2.75) is 59.3 Å². The summed E-state index contributed by atoms with van der Waals surface area (Å²) in [5.41, 5.74) is 1.31. The predicted octanol–water partition coefficient (Wildman–Crippen LogP) is 4.39. The lowest BCUT2D eigenvalue weighted by Gasteiger charge is -2.57. The quantitative estimate of drug-likeness (QED) is 0.476. The molecule has 22 heavy (non-hydrogen) atoms. The predicted molar refractivity (Wildman–Crippen MR) is 87.5 cm³/mol. The number of fused-ring (bicyclic) bond motifs is 1. The van der Waals surface area contributed by atoms with Crippen molar-refractivity contribution in [3.63, 3.8) is 0 Å². The third kappa shape index (κ3) is 2.66. The molecule has 3 heteroatoms. The van der Waals surface area contributed by atoms with Gasteiger partial charge in [0.1, 0.15) is 6.29 Å². The van der Waals surface area contributed by atoms with Crippen LogP contribution in [0.2, 0.25) is 0 Å². The molecule has 0 aliphatic heterocycles. The van der Waals surface area contributed by atoms with Crippen molar-refractivity contribution in [2.24, 2.45) is 22.7 Å². The molecule has 0 radical (unpaired) electrons. The Morgan fingerprint density at radius 2 is 2.09 bits per heavy atom. The summed E-state index contributed by atoms with van der Waals surface area (Å²) in [6.45, 7) is 10.3. The molecule has 1 N–H and O–H groups in total. The topological polar surface area (TPSA) is 54.4 Å². The van der Waals surface area contributed by atoms with Gasteiger partial charge < -0.3 is 5.11 Å². The zero-order chi connectivity index (χ0) is 16.5. The second kappa shape index (κ2) is 6.02. The van der Waals surface area contributed by atoms with E-state index < -0.39 is 11.4 Å². The fourth-order valence-corrected chi connectivity index (χ4v) is 4.99. The zero-order valence-corrected chi connectivity index (χ0v) is 14.0. The largest absolute Gasteiger partial charge is 0.481 e. The highest BCUT2D eigenvalue weighted by Crippen LogP contribution is 2.61. The van der Waals surface area contributed by atoms with Crippen molar-refractivity contribution < 1.29 is 14.7 Å². The number of rotatable bonds is 4. The van der Waals surface area contributed by atoms with E-state index >= 15 is 0 Å². The van der Waals surface area contributed by atoms with E-state index in [-0.39, 0.29) is 17.3 Å². The van der Waals surface area contributed by atoms with Crippen LogP contribution in [0.3, 0.4) is 0 Å². The maximum Gasteiger partial charge on any atom is 0.309 e. The lowest BCUT2D eigenvalue weighted by atomic mass is 9.46. The maximum atomic E-state index is 11.9. The molecule has 0 unspecified atom stereocenters. The zero-order valence-electron chi connectivity index (χ0n) is 14.0. The van der Waals surface area contributed by atoms with E-state index in [1.807, 2.05) is 19.9 Å². The van der Waals surface area contributed by atoms with Crippen molar-refractivity contribution in [3.8, 4) is 0 Å². The number of carbonyl (C=O) groups is 2. The molecular weight excluding hydrogens is 276 g/mol. The van der Waals surface area contributed by atoms with Crippen molar-refractivity contribution in [3.05, 3.63) is 23.8 Å². The number of hydrogen-bond acceptors (Lipinski definition) is 2. The number of carboxylic acid groups (broad SMARTS) is 1. The summed E-state index contributed by atoms with van der Waals surface area (Å²) in [7, 11) is 0. The van der Waals surface area contributed by atoms with Crippen LogP contribution in [0.15, 0.2) is 23.8 Å². The molecule has 3 nitrogen and oxygen atoms in total. The first-order valence-electron chi connectivity index (χ1n) is 8.28. The second-order valence-electron chi connectivity index (χ2n) is 7.69. The van der Waals surface area contributed by atoms with Crippen molar-refractivity contribution >= 4 is 12.3 Å². The van der Waals surface area contributed by atoms with E-state index in [2.05, 4.69) is 13.5 Å². The Labute approximate surface area is 133 Å². The summed E-state index contributed by atoms with van der Waals surface area (Å²) < 4.78 is 0. The van der Waals surface area contributed by atoms with Crippen molar-refractivity contribution in [1.82, 2.24) is 0 Å². The molecule has 0 aromatic carbocycles. The van der Waals surface area contributed by atoms with Crippen LogP contribution in [-0.4, -0.2) is 17.4 Å². The van der Waals surface area contributed by atoms with E-state index in [1.54, 1.807) is 0 Å². The summed E-state index contributed by atoms with van der Waals surface area (Å²) in [4.78, 5) is 22.7. The standard InChI is InChI=1S/C19H28O3/c1-13(12-20)6-8-15-14(2)7-9-16-18(15,3)10-5-11-19(16,4)17(21)22/h6,12,15-16H,2,5,7-11H2,1,3-4H3,(H,21,22)/t15-,16+,18-,19-/m1/s1. The van der Waals surface area contributed by atoms with Gasteiger partial charge in [-0.2, -0.15) is 0 Å². The summed E-state index contributed by atoms with van der Waals surface area (Å²) in [5.74, 6) is -0.193. The van der Waals surface area contributed by atoms with Crippen LogP contribution in [0.4, 0.5) is 0 Å². The van der Waals surface area contributed by atoms with Gasteiger partial charge >= 0.3 is 5.97 Å². The normalized spacial score (nSPS) is 39.2. The monoisotopic (exact) mass is 304 g/mol. The molecule has 2 aliphatic carbocycles. The Morgan fingerprint density at radius 1 is 1.41 bits per heavy atom. The summed E-state index contributed by atoms with van der Waals surface area (Å²) in [6, 6.07) is 0. The van der Waals surface area contributed by atoms with E-state index in [0.29, 0.717) is 0 Å². The van der Waals surface area contributed by atoms with E-state index in [9.17, 15) is 14.7 Å². The van der Waals surface area contributed by atoms with Crippen LogP contribution in [0, 0.1) is 22.7 Å². The van der Waals surface area contributed by atoms with Gasteiger partial charge in [-0.05, 0) is 68.8 Å². The molecule has 0 saturated heterocycles. The molecular formula is C19H28O3. The summed E-state index contributed by atoms with van der Waals surface area (Å²) in [5, 5.41) is 9.78. The second-order valence-corrected chi connectivity index (χ2v) is 7.69. The third-order valence-electron chi connectivity index (χ3n) is 6.37. The molecule has 2 rings (SSSR count). The molecule has 2 saturated carbocycles. The van der Waals surface area contributed by atoms with E-state index in [0.717, 1.165) is 50.4 Å². The van der Waals surface area contributed by atoms with Crippen LogP contribution in [0.25, 0.3) is 0 Å². The minimum atomic E-state index is -0.658. The van der Waals surface area contributed by atoms with Gasteiger partial charge in [0.05, 0.1) is 5.41 Å². The highest BCUT2D eigenvalue weighted by Gasteiger charge is 2.57. The van der Waals surface area contributed by atoms with Crippen LogP contribution in [-0.2, 0) is 9.59 Å².